The molecule has 32 heavy (non-hydrogen) atoms. The first-order valence-electron chi connectivity index (χ1n) is 11.2. The number of rotatable bonds is 7. The Morgan fingerprint density at radius 3 is 2.19 bits per heavy atom. The van der Waals surface area contributed by atoms with Crippen LogP contribution in [0.3, 0.4) is 0 Å². The van der Waals surface area contributed by atoms with Crippen molar-refractivity contribution in [2.75, 3.05) is 0 Å². The van der Waals surface area contributed by atoms with Gasteiger partial charge in [-0.3, -0.25) is 0 Å². The second kappa shape index (κ2) is 8.95. The lowest BCUT2D eigenvalue weighted by atomic mass is 10.00. The van der Waals surface area contributed by atoms with Crippen LogP contribution in [0.25, 0.3) is 33.2 Å². The summed E-state index contributed by atoms with van der Waals surface area (Å²) >= 11 is 0. The fraction of sp³-hybridized carbons (Fsp3) is 0.286. The van der Waals surface area contributed by atoms with E-state index in [9.17, 15) is 8.42 Å². The standard InChI is InChI=1S/C28H31NO2S/c1-20(2)17-29-18-27(25-12-8-9-22(15-25)19-32(30,31)21(3)4)26-14-13-24(16-28(26)29)23-10-6-5-7-11-23/h5-16,18,20-21H,17,19H2,1-4H3. The number of hydrogen-bond donors (Lipinski definition) is 0. The third-order valence-electron chi connectivity index (χ3n) is 5.88. The van der Waals surface area contributed by atoms with E-state index in [1.54, 1.807) is 13.8 Å². The molecular formula is C28H31NO2S. The van der Waals surface area contributed by atoms with E-state index in [2.05, 4.69) is 73.1 Å². The summed E-state index contributed by atoms with van der Waals surface area (Å²) < 4.78 is 27.2. The maximum Gasteiger partial charge on any atom is 0.156 e. The Kier molecular flexibility index (Phi) is 6.25. The zero-order valence-corrected chi connectivity index (χ0v) is 20.1. The SMILES string of the molecule is CC(C)Cn1cc(-c2cccc(CS(=O)(=O)C(C)C)c2)c2ccc(-c3ccccc3)cc21. The normalized spacial score (nSPS) is 12.2. The Balaban J connectivity index is 1.82. The van der Waals surface area contributed by atoms with Crippen molar-refractivity contribution in [3.8, 4) is 22.3 Å². The molecule has 0 aliphatic carbocycles. The van der Waals surface area contributed by atoms with E-state index >= 15 is 0 Å². The minimum Gasteiger partial charge on any atom is -0.347 e. The first-order valence-corrected chi connectivity index (χ1v) is 13.0. The highest BCUT2D eigenvalue weighted by Crippen LogP contribution is 2.34. The molecule has 0 fully saturated rings. The Bertz CT molecular complexity index is 1330. The fourth-order valence-electron chi connectivity index (χ4n) is 4.10. The molecular weight excluding hydrogens is 414 g/mol. The highest BCUT2D eigenvalue weighted by Gasteiger charge is 2.18. The minimum atomic E-state index is -3.14. The predicted molar refractivity (Wildman–Crippen MR) is 135 cm³/mol. The van der Waals surface area contributed by atoms with Gasteiger partial charge in [0.15, 0.2) is 9.84 Å². The first kappa shape index (κ1) is 22.3. The lowest BCUT2D eigenvalue weighted by molar-refractivity contribution is 0.535. The average Bonchev–Trinajstić information content (AvgIpc) is 3.11. The van der Waals surface area contributed by atoms with Gasteiger partial charge in [-0.1, -0.05) is 80.6 Å². The summed E-state index contributed by atoms with van der Waals surface area (Å²) in [5.41, 5.74) is 6.64. The molecule has 0 aliphatic rings. The highest BCUT2D eigenvalue weighted by molar-refractivity contribution is 7.91. The van der Waals surface area contributed by atoms with Crippen LogP contribution in [-0.4, -0.2) is 18.2 Å². The molecule has 0 saturated carbocycles. The van der Waals surface area contributed by atoms with Gasteiger partial charge >= 0.3 is 0 Å². The van der Waals surface area contributed by atoms with Crippen molar-refractivity contribution >= 4 is 20.7 Å². The summed E-state index contributed by atoms with van der Waals surface area (Å²) in [4.78, 5) is 0. The first-order chi connectivity index (χ1) is 15.2. The fourth-order valence-corrected chi connectivity index (χ4v) is 5.08. The zero-order chi connectivity index (χ0) is 22.9. The Morgan fingerprint density at radius 2 is 1.50 bits per heavy atom. The van der Waals surface area contributed by atoms with Crippen molar-refractivity contribution < 1.29 is 8.42 Å². The number of fused-ring (bicyclic) bond motifs is 1. The molecule has 1 heterocycles. The van der Waals surface area contributed by atoms with Crippen LogP contribution in [0, 0.1) is 5.92 Å². The van der Waals surface area contributed by atoms with Crippen molar-refractivity contribution in [2.24, 2.45) is 5.92 Å². The van der Waals surface area contributed by atoms with Gasteiger partial charge in [0.2, 0.25) is 0 Å². The van der Waals surface area contributed by atoms with Gasteiger partial charge in [0.05, 0.1) is 11.0 Å². The van der Waals surface area contributed by atoms with Crippen molar-refractivity contribution in [1.82, 2.24) is 4.57 Å². The smallest absolute Gasteiger partial charge is 0.156 e. The number of sulfone groups is 1. The molecule has 4 aromatic rings. The summed E-state index contributed by atoms with van der Waals surface area (Å²) in [6.07, 6.45) is 2.22. The van der Waals surface area contributed by atoms with Crippen LogP contribution in [0.15, 0.2) is 79.0 Å². The van der Waals surface area contributed by atoms with Crippen LogP contribution in [0.2, 0.25) is 0 Å². The highest BCUT2D eigenvalue weighted by atomic mass is 32.2. The molecule has 0 aliphatic heterocycles. The van der Waals surface area contributed by atoms with Gasteiger partial charge in [-0.05, 0) is 48.1 Å². The number of aromatic nitrogens is 1. The van der Waals surface area contributed by atoms with E-state index in [4.69, 9.17) is 0 Å². The van der Waals surface area contributed by atoms with E-state index in [0.717, 1.165) is 23.2 Å². The number of hydrogen-bond acceptors (Lipinski definition) is 2. The van der Waals surface area contributed by atoms with Crippen LogP contribution in [0.5, 0.6) is 0 Å². The lowest BCUT2D eigenvalue weighted by Crippen LogP contribution is -2.15. The summed E-state index contributed by atoms with van der Waals surface area (Å²) in [5, 5.41) is 0.810. The summed E-state index contributed by atoms with van der Waals surface area (Å²) in [6, 6.07) is 25.0. The van der Waals surface area contributed by atoms with Crippen LogP contribution >= 0.6 is 0 Å². The van der Waals surface area contributed by atoms with E-state index in [-0.39, 0.29) is 11.0 Å². The Labute approximate surface area is 191 Å². The van der Waals surface area contributed by atoms with Crippen molar-refractivity contribution in [1.29, 1.82) is 0 Å². The van der Waals surface area contributed by atoms with Gasteiger partial charge in [0.25, 0.3) is 0 Å². The molecule has 0 radical (unpaired) electrons. The number of nitrogens with zero attached hydrogens (tertiary/aromatic N) is 1. The average molecular weight is 446 g/mol. The molecule has 0 amide bonds. The molecule has 4 rings (SSSR count). The van der Waals surface area contributed by atoms with Gasteiger partial charge < -0.3 is 4.57 Å². The van der Waals surface area contributed by atoms with Crippen molar-refractivity contribution in [2.45, 2.75) is 45.2 Å². The van der Waals surface area contributed by atoms with Crippen LogP contribution in [-0.2, 0) is 22.1 Å². The third kappa shape index (κ3) is 4.66. The molecule has 3 nitrogen and oxygen atoms in total. The Morgan fingerprint density at radius 1 is 0.781 bits per heavy atom. The molecule has 1 aromatic heterocycles. The summed E-state index contributed by atoms with van der Waals surface area (Å²) in [7, 11) is -3.14. The molecule has 0 saturated heterocycles. The van der Waals surface area contributed by atoms with Gasteiger partial charge in [-0.15, -0.1) is 0 Å². The molecule has 0 unspecified atom stereocenters. The van der Waals surface area contributed by atoms with E-state index in [1.807, 2.05) is 24.3 Å². The van der Waals surface area contributed by atoms with Crippen LogP contribution in [0.4, 0.5) is 0 Å². The van der Waals surface area contributed by atoms with E-state index in [1.165, 1.54) is 22.0 Å². The molecule has 0 N–H and O–H groups in total. The molecule has 0 spiro atoms. The quantitative estimate of drug-likeness (QED) is 0.309. The zero-order valence-electron chi connectivity index (χ0n) is 19.2. The van der Waals surface area contributed by atoms with Crippen LogP contribution in [0.1, 0.15) is 33.3 Å². The molecule has 0 atom stereocenters. The molecule has 0 bridgehead atoms. The summed E-state index contributed by atoms with van der Waals surface area (Å²) in [5.74, 6) is 0.586. The lowest BCUT2D eigenvalue weighted by Gasteiger charge is -2.09. The van der Waals surface area contributed by atoms with Crippen molar-refractivity contribution in [3.05, 3.63) is 84.6 Å². The Hall–Kier alpha value is -2.85. The minimum absolute atomic E-state index is 0.0707. The predicted octanol–water partition coefficient (Wildman–Crippen LogP) is 6.95. The van der Waals surface area contributed by atoms with E-state index < -0.39 is 9.84 Å². The molecule has 4 heteroatoms. The molecule has 166 valence electrons. The van der Waals surface area contributed by atoms with Crippen molar-refractivity contribution in [3.63, 3.8) is 0 Å². The third-order valence-corrected chi connectivity index (χ3v) is 8.05. The second-order valence-electron chi connectivity index (χ2n) is 9.24. The van der Waals surface area contributed by atoms with Gasteiger partial charge in [0.1, 0.15) is 0 Å². The summed E-state index contributed by atoms with van der Waals surface area (Å²) in [6.45, 7) is 8.86. The number of benzene rings is 3. The van der Waals surface area contributed by atoms with Gasteiger partial charge in [-0.2, -0.15) is 0 Å². The largest absolute Gasteiger partial charge is 0.347 e. The van der Waals surface area contributed by atoms with E-state index in [0.29, 0.717) is 5.92 Å². The molecule has 3 aromatic carbocycles. The maximum atomic E-state index is 12.5. The van der Waals surface area contributed by atoms with Crippen LogP contribution < -0.4 is 0 Å². The second-order valence-corrected chi connectivity index (χ2v) is 11.8. The maximum absolute atomic E-state index is 12.5. The van der Waals surface area contributed by atoms with Gasteiger partial charge in [-0.25, -0.2) is 8.42 Å². The van der Waals surface area contributed by atoms with Gasteiger partial charge in [0, 0.05) is 29.2 Å². The monoisotopic (exact) mass is 445 g/mol. The topological polar surface area (TPSA) is 39.1 Å².